The molecule has 0 aromatic heterocycles. The van der Waals surface area contributed by atoms with Gasteiger partial charge >= 0.3 is 0 Å². The van der Waals surface area contributed by atoms with Crippen molar-refractivity contribution in [2.75, 3.05) is 16.8 Å². The quantitative estimate of drug-likeness (QED) is 0.773. The fraction of sp³-hybridized carbons (Fsp3) is 0.250. The number of carbonyl (C=O) groups is 3. The zero-order chi connectivity index (χ0) is 19.8. The van der Waals surface area contributed by atoms with Gasteiger partial charge in [0.1, 0.15) is 11.7 Å². The second-order valence-electron chi connectivity index (χ2n) is 6.89. The maximum Gasteiger partial charge on any atom is 0.239 e. The summed E-state index contributed by atoms with van der Waals surface area (Å²) in [6.45, 7) is 0.510. The third-order valence-electron chi connectivity index (χ3n) is 4.94. The lowest BCUT2D eigenvalue weighted by Crippen LogP contribution is -2.36. The molecule has 3 amide bonds. The molecule has 0 saturated carbocycles. The largest absolute Gasteiger partial charge is 0.351 e. The summed E-state index contributed by atoms with van der Waals surface area (Å²) in [5.41, 5.74) is 2.79. The molecule has 2 heterocycles. The zero-order valence-corrected chi connectivity index (χ0v) is 15.6. The highest BCUT2D eigenvalue weighted by molar-refractivity contribution is 6.30. The molecule has 6 nitrogen and oxygen atoms in total. The van der Waals surface area contributed by atoms with Crippen LogP contribution in [-0.4, -0.2) is 24.3 Å². The molecule has 0 aliphatic carbocycles. The van der Waals surface area contributed by atoms with Gasteiger partial charge in [0.2, 0.25) is 17.7 Å². The van der Waals surface area contributed by atoms with Crippen LogP contribution in [0.15, 0.2) is 36.4 Å². The monoisotopic (exact) mass is 401 g/mol. The van der Waals surface area contributed by atoms with E-state index in [1.807, 2.05) is 0 Å². The van der Waals surface area contributed by atoms with E-state index in [0.717, 1.165) is 11.3 Å². The van der Waals surface area contributed by atoms with Crippen molar-refractivity contribution in [3.63, 3.8) is 0 Å². The average Bonchev–Trinajstić information content (AvgIpc) is 3.19. The van der Waals surface area contributed by atoms with Crippen molar-refractivity contribution in [3.05, 3.63) is 58.4 Å². The standard InChI is InChI=1S/C20H17ClFN3O3/c21-13-5-11(6-14(22)9-13)10-23-19(27)16-3-4-25(20(16)28)15-1-2-17-12(7-15)8-18(26)24-17/h1-2,5-7,9,16H,3-4,8,10H2,(H,23,27)(H,24,26). The number of nitrogens with one attached hydrogen (secondary N) is 2. The number of anilines is 2. The minimum atomic E-state index is -0.794. The van der Waals surface area contributed by atoms with Crippen LogP contribution in [0.5, 0.6) is 0 Å². The molecule has 28 heavy (non-hydrogen) atoms. The first-order valence-corrected chi connectivity index (χ1v) is 9.25. The molecule has 2 aromatic rings. The number of amides is 3. The van der Waals surface area contributed by atoms with Gasteiger partial charge in [0.05, 0.1) is 6.42 Å². The van der Waals surface area contributed by atoms with Crippen LogP contribution in [0.4, 0.5) is 15.8 Å². The Morgan fingerprint density at radius 2 is 2.07 bits per heavy atom. The van der Waals surface area contributed by atoms with Crippen molar-refractivity contribution < 1.29 is 18.8 Å². The first-order valence-electron chi connectivity index (χ1n) is 8.87. The normalized spacial score (nSPS) is 18.2. The number of carbonyl (C=O) groups excluding carboxylic acids is 3. The predicted molar refractivity (Wildman–Crippen MR) is 102 cm³/mol. The summed E-state index contributed by atoms with van der Waals surface area (Å²) in [7, 11) is 0. The highest BCUT2D eigenvalue weighted by Gasteiger charge is 2.37. The maximum absolute atomic E-state index is 13.4. The highest BCUT2D eigenvalue weighted by atomic mass is 35.5. The van der Waals surface area contributed by atoms with Crippen molar-refractivity contribution in [1.82, 2.24) is 5.32 Å². The molecule has 1 fully saturated rings. The highest BCUT2D eigenvalue weighted by Crippen LogP contribution is 2.31. The van der Waals surface area contributed by atoms with E-state index in [0.29, 0.717) is 24.2 Å². The average molecular weight is 402 g/mol. The molecule has 1 unspecified atom stereocenters. The van der Waals surface area contributed by atoms with Crippen LogP contribution in [0, 0.1) is 11.7 Å². The minimum Gasteiger partial charge on any atom is -0.351 e. The smallest absolute Gasteiger partial charge is 0.239 e. The first-order chi connectivity index (χ1) is 13.4. The Morgan fingerprint density at radius 3 is 2.86 bits per heavy atom. The van der Waals surface area contributed by atoms with E-state index < -0.39 is 17.6 Å². The number of fused-ring (bicyclic) bond motifs is 1. The summed E-state index contributed by atoms with van der Waals surface area (Å²) >= 11 is 5.81. The van der Waals surface area contributed by atoms with E-state index in [-0.39, 0.29) is 29.8 Å². The van der Waals surface area contributed by atoms with Gasteiger partial charge in [0, 0.05) is 29.5 Å². The summed E-state index contributed by atoms with van der Waals surface area (Å²) < 4.78 is 13.4. The van der Waals surface area contributed by atoms with Gasteiger partial charge in [-0.2, -0.15) is 0 Å². The van der Waals surface area contributed by atoms with Gasteiger partial charge in [0.25, 0.3) is 0 Å². The van der Waals surface area contributed by atoms with Gasteiger partial charge in [-0.05, 0) is 53.9 Å². The Morgan fingerprint density at radius 1 is 1.25 bits per heavy atom. The van der Waals surface area contributed by atoms with Crippen LogP contribution >= 0.6 is 11.6 Å². The number of rotatable bonds is 4. The number of halogens is 2. The lowest BCUT2D eigenvalue weighted by molar-refractivity contribution is -0.132. The van der Waals surface area contributed by atoms with Gasteiger partial charge in [-0.25, -0.2) is 4.39 Å². The summed E-state index contributed by atoms with van der Waals surface area (Å²) in [5.74, 6) is -2.03. The fourth-order valence-corrected chi connectivity index (χ4v) is 3.83. The second kappa shape index (κ2) is 7.24. The van der Waals surface area contributed by atoms with Crippen LogP contribution < -0.4 is 15.5 Å². The lowest BCUT2D eigenvalue weighted by Gasteiger charge is -2.17. The second-order valence-corrected chi connectivity index (χ2v) is 7.33. The van der Waals surface area contributed by atoms with Crippen molar-refractivity contribution >= 4 is 40.7 Å². The SMILES string of the molecule is O=C1Cc2cc(N3CCC(C(=O)NCc4cc(F)cc(Cl)c4)C3=O)ccc2N1. The van der Waals surface area contributed by atoms with Crippen LogP contribution in [0.1, 0.15) is 17.5 Å². The third-order valence-corrected chi connectivity index (χ3v) is 5.15. The Hall–Kier alpha value is -2.93. The van der Waals surface area contributed by atoms with Gasteiger partial charge in [0.15, 0.2) is 0 Å². The Bertz CT molecular complexity index is 974. The van der Waals surface area contributed by atoms with Gasteiger partial charge in [-0.15, -0.1) is 0 Å². The number of hydrogen-bond donors (Lipinski definition) is 2. The molecule has 8 heteroatoms. The molecule has 2 aliphatic heterocycles. The summed E-state index contributed by atoms with van der Waals surface area (Å²) in [6, 6.07) is 9.37. The van der Waals surface area contributed by atoms with E-state index in [9.17, 15) is 18.8 Å². The van der Waals surface area contributed by atoms with E-state index in [1.165, 1.54) is 12.1 Å². The van der Waals surface area contributed by atoms with Crippen molar-refractivity contribution in [3.8, 4) is 0 Å². The summed E-state index contributed by atoms with van der Waals surface area (Å²) in [4.78, 5) is 38.3. The van der Waals surface area contributed by atoms with E-state index >= 15 is 0 Å². The van der Waals surface area contributed by atoms with Crippen molar-refractivity contribution in [2.24, 2.45) is 5.92 Å². The Kier molecular flexibility index (Phi) is 4.77. The molecule has 0 bridgehead atoms. The lowest BCUT2D eigenvalue weighted by atomic mass is 10.1. The molecule has 4 rings (SSSR count). The van der Waals surface area contributed by atoms with Gasteiger partial charge in [-0.1, -0.05) is 11.6 Å². The first kappa shape index (κ1) is 18.4. The summed E-state index contributed by atoms with van der Waals surface area (Å²) in [6.07, 6.45) is 0.675. The van der Waals surface area contributed by atoms with E-state index in [4.69, 9.17) is 11.6 Å². The van der Waals surface area contributed by atoms with Crippen molar-refractivity contribution in [1.29, 1.82) is 0 Å². The molecular formula is C20H17ClFN3O3. The van der Waals surface area contributed by atoms with Crippen molar-refractivity contribution in [2.45, 2.75) is 19.4 Å². The van der Waals surface area contributed by atoms with E-state index in [1.54, 1.807) is 29.2 Å². The molecule has 0 spiro atoms. The van der Waals surface area contributed by atoms with Gasteiger partial charge in [-0.3, -0.25) is 14.4 Å². The van der Waals surface area contributed by atoms with Crippen LogP contribution in [0.3, 0.4) is 0 Å². The summed E-state index contributed by atoms with van der Waals surface area (Å²) in [5, 5.41) is 5.68. The molecule has 144 valence electrons. The molecule has 2 aliphatic rings. The fourth-order valence-electron chi connectivity index (χ4n) is 3.59. The Labute approximate surface area is 165 Å². The predicted octanol–water partition coefficient (Wildman–Crippen LogP) is 2.64. The number of nitrogens with zero attached hydrogens (tertiary/aromatic N) is 1. The molecular weight excluding hydrogens is 385 g/mol. The number of benzene rings is 2. The molecule has 1 atom stereocenters. The molecule has 2 N–H and O–H groups in total. The van der Waals surface area contributed by atoms with Crippen LogP contribution in [-0.2, 0) is 27.3 Å². The number of hydrogen-bond acceptors (Lipinski definition) is 3. The van der Waals surface area contributed by atoms with Gasteiger partial charge < -0.3 is 15.5 Å². The molecule has 1 saturated heterocycles. The molecule has 2 aromatic carbocycles. The Balaban J connectivity index is 1.42. The third kappa shape index (κ3) is 3.57. The zero-order valence-electron chi connectivity index (χ0n) is 14.8. The molecule has 0 radical (unpaired) electrons. The minimum absolute atomic E-state index is 0.0744. The maximum atomic E-state index is 13.4. The van der Waals surface area contributed by atoms with Crippen LogP contribution in [0.25, 0.3) is 0 Å². The van der Waals surface area contributed by atoms with Crippen LogP contribution in [0.2, 0.25) is 5.02 Å². The topological polar surface area (TPSA) is 78.5 Å². The van der Waals surface area contributed by atoms with E-state index in [2.05, 4.69) is 10.6 Å².